The molecule has 0 spiro atoms. The Morgan fingerprint density at radius 2 is 2.28 bits per heavy atom. The second-order valence-electron chi connectivity index (χ2n) is 4.72. The lowest BCUT2D eigenvalue weighted by Gasteiger charge is -2.19. The third-order valence-corrected chi connectivity index (χ3v) is 3.30. The van der Waals surface area contributed by atoms with Gasteiger partial charge in [-0.1, -0.05) is 30.7 Å². The predicted octanol–water partition coefficient (Wildman–Crippen LogP) is 3.06. The number of nitro groups is 1. The lowest BCUT2D eigenvalue weighted by atomic mass is 10.0. The molecule has 4 heteroatoms. The summed E-state index contributed by atoms with van der Waals surface area (Å²) >= 11 is 0. The molecule has 0 radical (unpaired) electrons. The first kappa shape index (κ1) is 12.8. The first-order chi connectivity index (χ1) is 8.66. The van der Waals surface area contributed by atoms with E-state index in [1.807, 2.05) is 12.1 Å². The maximum atomic E-state index is 10.8. The second kappa shape index (κ2) is 5.78. The maximum absolute atomic E-state index is 10.8. The van der Waals surface area contributed by atoms with Crippen molar-refractivity contribution in [3.05, 3.63) is 45.5 Å². The van der Waals surface area contributed by atoms with Crippen LogP contribution in [0.3, 0.4) is 0 Å². The zero-order valence-electron chi connectivity index (χ0n) is 10.6. The highest BCUT2D eigenvalue weighted by Gasteiger charge is 2.11. The fourth-order valence-electron chi connectivity index (χ4n) is 2.20. The smallest absolute Gasteiger partial charge is 0.272 e. The van der Waals surface area contributed by atoms with E-state index in [1.54, 1.807) is 19.1 Å². The summed E-state index contributed by atoms with van der Waals surface area (Å²) < 4.78 is 0. The third-order valence-electron chi connectivity index (χ3n) is 3.30. The average Bonchev–Trinajstić information content (AvgIpc) is 2.38. The molecule has 0 amide bonds. The maximum Gasteiger partial charge on any atom is 0.272 e. The number of benzene rings is 1. The van der Waals surface area contributed by atoms with Crippen LogP contribution in [-0.2, 0) is 0 Å². The first-order valence-electron chi connectivity index (χ1n) is 6.33. The minimum absolute atomic E-state index is 0.189. The Labute approximate surface area is 107 Å². The highest BCUT2D eigenvalue weighted by atomic mass is 16.6. The normalized spacial score (nSPS) is 20.2. The highest BCUT2D eigenvalue weighted by molar-refractivity contribution is 5.56. The number of aryl methyl sites for hydroxylation is 1. The van der Waals surface area contributed by atoms with E-state index in [9.17, 15) is 10.1 Å². The van der Waals surface area contributed by atoms with E-state index >= 15 is 0 Å². The van der Waals surface area contributed by atoms with Crippen LogP contribution in [0.1, 0.15) is 30.4 Å². The molecule has 1 atom stereocenters. The lowest BCUT2D eigenvalue weighted by molar-refractivity contribution is -0.385. The summed E-state index contributed by atoms with van der Waals surface area (Å²) in [4.78, 5) is 10.5. The number of hydrogen-bond donors (Lipinski definition) is 1. The molecule has 0 saturated carbocycles. The Morgan fingerprint density at radius 1 is 1.44 bits per heavy atom. The van der Waals surface area contributed by atoms with Crippen molar-refractivity contribution in [1.82, 2.24) is 5.32 Å². The van der Waals surface area contributed by atoms with E-state index in [0.29, 0.717) is 11.6 Å². The summed E-state index contributed by atoms with van der Waals surface area (Å²) in [5, 5.41) is 14.3. The number of nitrogens with zero attached hydrogens (tertiary/aromatic N) is 1. The SMILES string of the molecule is Cc1ccc(/C=C/C2CCCCN2)cc1[N+](=O)[O-]. The average molecular weight is 246 g/mol. The zero-order valence-corrected chi connectivity index (χ0v) is 10.6. The fourth-order valence-corrected chi connectivity index (χ4v) is 2.20. The van der Waals surface area contributed by atoms with Crippen molar-refractivity contribution >= 4 is 11.8 Å². The standard InChI is InChI=1S/C14H18N2O2/c1-11-5-6-12(10-14(11)16(17)18)7-8-13-4-2-3-9-15-13/h5-8,10,13,15H,2-4,9H2,1H3/b8-7+. The van der Waals surface area contributed by atoms with E-state index in [0.717, 1.165) is 18.5 Å². The molecule has 2 rings (SSSR count). The van der Waals surface area contributed by atoms with Crippen molar-refractivity contribution in [2.45, 2.75) is 32.2 Å². The molecule has 1 N–H and O–H groups in total. The van der Waals surface area contributed by atoms with Crippen LogP contribution in [0.2, 0.25) is 0 Å². The second-order valence-corrected chi connectivity index (χ2v) is 4.72. The van der Waals surface area contributed by atoms with Crippen LogP contribution < -0.4 is 5.32 Å². The molecule has 18 heavy (non-hydrogen) atoms. The molecule has 1 aliphatic rings. The van der Waals surface area contributed by atoms with Gasteiger partial charge in [-0.15, -0.1) is 0 Å². The Balaban J connectivity index is 2.11. The number of hydrogen-bond acceptors (Lipinski definition) is 3. The van der Waals surface area contributed by atoms with Crippen molar-refractivity contribution in [1.29, 1.82) is 0 Å². The van der Waals surface area contributed by atoms with Crippen LogP contribution >= 0.6 is 0 Å². The molecule has 4 nitrogen and oxygen atoms in total. The third kappa shape index (κ3) is 3.17. The Kier molecular flexibility index (Phi) is 4.10. The Morgan fingerprint density at radius 3 is 2.94 bits per heavy atom. The summed E-state index contributed by atoms with van der Waals surface area (Å²) in [6.07, 6.45) is 7.70. The van der Waals surface area contributed by atoms with E-state index in [2.05, 4.69) is 11.4 Å². The largest absolute Gasteiger partial charge is 0.311 e. The highest BCUT2D eigenvalue weighted by Crippen LogP contribution is 2.20. The van der Waals surface area contributed by atoms with Gasteiger partial charge in [-0.2, -0.15) is 0 Å². The van der Waals surface area contributed by atoms with Crippen LogP contribution in [0.4, 0.5) is 5.69 Å². The molecule has 0 bridgehead atoms. The molecule has 96 valence electrons. The molecule has 0 aromatic heterocycles. The molecule has 1 unspecified atom stereocenters. The molecule has 1 heterocycles. The van der Waals surface area contributed by atoms with E-state index in [1.165, 1.54) is 12.8 Å². The molecule has 1 fully saturated rings. The van der Waals surface area contributed by atoms with Gasteiger partial charge in [-0.25, -0.2) is 0 Å². The van der Waals surface area contributed by atoms with Gasteiger partial charge in [-0.3, -0.25) is 10.1 Å². The molecule has 1 aliphatic heterocycles. The van der Waals surface area contributed by atoms with Crippen molar-refractivity contribution in [3.63, 3.8) is 0 Å². The van der Waals surface area contributed by atoms with Crippen molar-refractivity contribution < 1.29 is 4.92 Å². The quantitative estimate of drug-likeness (QED) is 0.658. The summed E-state index contributed by atoms with van der Waals surface area (Å²) in [5.74, 6) is 0. The van der Waals surface area contributed by atoms with Crippen molar-refractivity contribution in [3.8, 4) is 0 Å². The molecule has 1 aromatic carbocycles. The first-order valence-corrected chi connectivity index (χ1v) is 6.33. The van der Waals surface area contributed by atoms with Gasteiger partial charge in [0.1, 0.15) is 0 Å². The topological polar surface area (TPSA) is 55.2 Å². The fraction of sp³-hybridized carbons (Fsp3) is 0.429. The number of nitrogens with one attached hydrogen (secondary N) is 1. The number of nitro benzene ring substituents is 1. The van der Waals surface area contributed by atoms with Crippen LogP contribution in [0, 0.1) is 17.0 Å². The summed E-state index contributed by atoms with van der Waals surface area (Å²) in [7, 11) is 0. The van der Waals surface area contributed by atoms with E-state index < -0.39 is 0 Å². The molecular weight excluding hydrogens is 228 g/mol. The number of piperidine rings is 1. The molecule has 1 saturated heterocycles. The van der Waals surface area contributed by atoms with Gasteiger partial charge in [0.05, 0.1) is 4.92 Å². The monoisotopic (exact) mass is 246 g/mol. The van der Waals surface area contributed by atoms with Gasteiger partial charge in [0.25, 0.3) is 5.69 Å². The van der Waals surface area contributed by atoms with Crippen LogP contribution in [0.15, 0.2) is 24.3 Å². The van der Waals surface area contributed by atoms with Gasteiger partial charge < -0.3 is 5.32 Å². The Hall–Kier alpha value is -1.68. The van der Waals surface area contributed by atoms with Gasteiger partial charge in [0.15, 0.2) is 0 Å². The summed E-state index contributed by atoms with van der Waals surface area (Å²) in [6, 6.07) is 5.75. The summed E-state index contributed by atoms with van der Waals surface area (Å²) in [6.45, 7) is 2.82. The van der Waals surface area contributed by atoms with E-state index in [-0.39, 0.29) is 10.6 Å². The van der Waals surface area contributed by atoms with Crippen molar-refractivity contribution in [2.24, 2.45) is 0 Å². The van der Waals surface area contributed by atoms with Gasteiger partial charge in [0, 0.05) is 17.7 Å². The van der Waals surface area contributed by atoms with Gasteiger partial charge >= 0.3 is 0 Å². The van der Waals surface area contributed by atoms with Gasteiger partial charge in [0.2, 0.25) is 0 Å². The lowest BCUT2D eigenvalue weighted by Crippen LogP contribution is -2.31. The van der Waals surface area contributed by atoms with Crippen molar-refractivity contribution in [2.75, 3.05) is 6.54 Å². The predicted molar refractivity (Wildman–Crippen MR) is 72.5 cm³/mol. The minimum Gasteiger partial charge on any atom is -0.311 e. The molecule has 1 aromatic rings. The Bertz CT molecular complexity index is 463. The van der Waals surface area contributed by atoms with Crippen LogP contribution in [-0.4, -0.2) is 17.5 Å². The van der Waals surface area contributed by atoms with Crippen LogP contribution in [0.25, 0.3) is 6.08 Å². The van der Waals surface area contributed by atoms with Crippen LogP contribution in [0.5, 0.6) is 0 Å². The van der Waals surface area contributed by atoms with E-state index in [4.69, 9.17) is 0 Å². The molecular formula is C14H18N2O2. The van der Waals surface area contributed by atoms with Gasteiger partial charge in [-0.05, 0) is 31.9 Å². The summed E-state index contributed by atoms with van der Waals surface area (Å²) in [5.41, 5.74) is 1.78. The molecule has 0 aliphatic carbocycles. The zero-order chi connectivity index (χ0) is 13.0. The number of rotatable bonds is 3. The minimum atomic E-state index is -0.328.